The van der Waals surface area contributed by atoms with Crippen LogP contribution >= 0.6 is 0 Å². The van der Waals surface area contributed by atoms with Crippen LogP contribution < -0.4 is 20.3 Å². The number of para-hydroxylation sites is 1. The molecule has 0 radical (unpaired) electrons. The average molecular weight is 396 g/mol. The van der Waals surface area contributed by atoms with Gasteiger partial charge in [-0.2, -0.15) is 0 Å². The van der Waals surface area contributed by atoms with Crippen LogP contribution in [0.2, 0.25) is 0 Å². The van der Waals surface area contributed by atoms with Crippen LogP contribution in [0.3, 0.4) is 0 Å². The standard InChI is InChI=1S/C21H24N4O4/c1-25(13-19-23-16-7-5-4-6-15(16)20(26)24-19)21(27)22-11-10-14-8-9-17(28-2)18(12-14)29-3/h4-9,12H,10-11,13H2,1-3H3,(H,22,27)(H,23,24,26). The van der Waals surface area contributed by atoms with Gasteiger partial charge in [-0.1, -0.05) is 18.2 Å². The Hall–Kier alpha value is -3.55. The zero-order chi connectivity index (χ0) is 20.8. The van der Waals surface area contributed by atoms with Crippen molar-refractivity contribution in [1.29, 1.82) is 0 Å². The van der Waals surface area contributed by atoms with Crippen LogP contribution in [0.15, 0.2) is 47.3 Å². The van der Waals surface area contributed by atoms with E-state index in [1.165, 1.54) is 4.90 Å². The van der Waals surface area contributed by atoms with E-state index in [1.807, 2.05) is 24.3 Å². The number of carbonyl (C=O) groups excluding carboxylic acids is 1. The Labute approximate surface area is 168 Å². The first-order valence-corrected chi connectivity index (χ1v) is 9.19. The fourth-order valence-corrected chi connectivity index (χ4v) is 2.99. The number of aromatic amines is 1. The minimum atomic E-state index is -0.249. The zero-order valence-corrected chi connectivity index (χ0v) is 16.7. The van der Waals surface area contributed by atoms with Crippen molar-refractivity contribution < 1.29 is 14.3 Å². The third-order valence-electron chi connectivity index (χ3n) is 4.53. The highest BCUT2D eigenvalue weighted by molar-refractivity contribution is 5.77. The summed E-state index contributed by atoms with van der Waals surface area (Å²) in [6.07, 6.45) is 0.644. The fourth-order valence-electron chi connectivity index (χ4n) is 2.99. The summed E-state index contributed by atoms with van der Waals surface area (Å²) in [7, 11) is 4.83. The summed E-state index contributed by atoms with van der Waals surface area (Å²) in [5.41, 5.74) is 1.41. The number of hydrogen-bond acceptors (Lipinski definition) is 5. The third-order valence-corrected chi connectivity index (χ3v) is 4.53. The van der Waals surface area contributed by atoms with Crippen LogP contribution in [-0.4, -0.2) is 48.7 Å². The van der Waals surface area contributed by atoms with Gasteiger partial charge in [0.25, 0.3) is 5.56 Å². The molecule has 152 valence electrons. The van der Waals surface area contributed by atoms with E-state index in [1.54, 1.807) is 39.5 Å². The van der Waals surface area contributed by atoms with Gasteiger partial charge in [-0.3, -0.25) is 4.79 Å². The van der Waals surface area contributed by atoms with Crippen LogP contribution in [0.5, 0.6) is 11.5 Å². The van der Waals surface area contributed by atoms with Gasteiger partial charge in [0.1, 0.15) is 5.82 Å². The van der Waals surface area contributed by atoms with Gasteiger partial charge in [0.15, 0.2) is 11.5 Å². The second-order valence-corrected chi connectivity index (χ2v) is 6.56. The molecule has 2 N–H and O–H groups in total. The van der Waals surface area contributed by atoms with Crippen LogP contribution in [0, 0.1) is 0 Å². The van der Waals surface area contributed by atoms with Gasteiger partial charge in [0.2, 0.25) is 0 Å². The Bertz CT molecular complexity index is 1060. The first kappa shape index (κ1) is 20.2. The SMILES string of the molecule is COc1ccc(CCNC(=O)N(C)Cc2nc3ccccc3c(=O)[nH]2)cc1OC. The summed E-state index contributed by atoms with van der Waals surface area (Å²) in [6.45, 7) is 0.655. The highest BCUT2D eigenvalue weighted by atomic mass is 16.5. The molecule has 0 saturated heterocycles. The second kappa shape index (κ2) is 9.09. The number of aromatic nitrogens is 2. The largest absolute Gasteiger partial charge is 0.493 e. The van der Waals surface area contributed by atoms with Gasteiger partial charge >= 0.3 is 6.03 Å². The molecule has 0 fully saturated rings. The molecule has 29 heavy (non-hydrogen) atoms. The van der Waals surface area contributed by atoms with E-state index in [2.05, 4.69) is 15.3 Å². The van der Waals surface area contributed by atoms with Gasteiger partial charge < -0.3 is 24.7 Å². The predicted octanol–water partition coefficient (Wildman–Crippen LogP) is 2.32. The van der Waals surface area contributed by atoms with Gasteiger partial charge in [-0.25, -0.2) is 9.78 Å². The molecule has 0 saturated carbocycles. The van der Waals surface area contributed by atoms with Crippen molar-refractivity contribution >= 4 is 16.9 Å². The summed E-state index contributed by atoms with van der Waals surface area (Å²) < 4.78 is 10.5. The maximum absolute atomic E-state index is 12.4. The molecule has 8 nitrogen and oxygen atoms in total. The van der Waals surface area contributed by atoms with Gasteiger partial charge in [-0.15, -0.1) is 0 Å². The minimum Gasteiger partial charge on any atom is -0.493 e. The number of ether oxygens (including phenoxy) is 2. The van der Waals surface area contributed by atoms with Gasteiger partial charge in [0.05, 0.1) is 31.7 Å². The van der Waals surface area contributed by atoms with Crippen LogP contribution in [0.4, 0.5) is 4.79 Å². The van der Waals surface area contributed by atoms with Gasteiger partial charge in [0, 0.05) is 13.6 Å². The molecule has 0 aliphatic heterocycles. The Kier molecular flexibility index (Phi) is 6.33. The number of urea groups is 1. The van der Waals surface area contributed by atoms with Crippen molar-refractivity contribution in [1.82, 2.24) is 20.2 Å². The number of carbonyl (C=O) groups is 1. The molecule has 2 aromatic carbocycles. The number of nitrogens with one attached hydrogen (secondary N) is 2. The lowest BCUT2D eigenvalue weighted by Gasteiger charge is -2.17. The summed E-state index contributed by atoms with van der Waals surface area (Å²) in [5.74, 6) is 1.75. The maximum Gasteiger partial charge on any atom is 0.317 e. The smallest absolute Gasteiger partial charge is 0.317 e. The number of rotatable bonds is 7. The Morgan fingerprint density at radius 1 is 1.14 bits per heavy atom. The first-order valence-electron chi connectivity index (χ1n) is 9.19. The van der Waals surface area contributed by atoms with Crippen molar-refractivity contribution in [3.8, 4) is 11.5 Å². The molecular formula is C21H24N4O4. The topological polar surface area (TPSA) is 96.5 Å². The molecule has 2 amide bonds. The minimum absolute atomic E-state index is 0.197. The molecule has 8 heteroatoms. The molecule has 0 unspecified atom stereocenters. The number of H-pyrrole nitrogens is 1. The zero-order valence-electron chi connectivity index (χ0n) is 16.7. The third kappa shape index (κ3) is 4.84. The van der Waals surface area contributed by atoms with Crippen LogP contribution in [0.25, 0.3) is 10.9 Å². The number of fused-ring (bicyclic) bond motifs is 1. The number of nitrogens with zero attached hydrogens (tertiary/aromatic N) is 2. The Morgan fingerprint density at radius 2 is 1.90 bits per heavy atom. The molecule has 0 aliphatic carbocycles. The quantitative estimate of drug-likeness (QED) is 0.639. The second-order valence-electron chi connectivity index (χ2n) is 6.56. The summed E-state index contributed by atoms with van der Waals surface area (Å²) in [4.78, 5) is 33.1. The van der Waals surface area contributed by atoms with E-state index >= 15 is 0 Å². The Morgan fingerprint density at radius 3 is 2.66 bits per heavy atom. The molecular weight excluding hydrogens is 372 g/mol. The highest BCUT2D eigenvalue weighted by Gasteiger charge is 2.12. The lowest BCUT2D eigenvalue weighted by Crippen LogP contribution is -2.38. The molecule has 0 aliphatic rings. The van der Waals surface area contributed by atoms with E-state index in [4.69, 9.17) is 9.47 Å². The molecule has 0 spiro atoms. The van der Waals surface area contributed by atoms with Crippen molar-refractivity contribution in [3.63, 3.8) is 0 Å². The van der Waals surface area contributed by atoms with Crippen molar-refractivity contribution in [2.45, 2.75) is 13.0 Å². The van der Waals surface area contributed by atoms with E-state index in [0.29, 0.717) is 41.2 Å². The molecule has 1 heterocycles. The van der Waals surface area contributed by atoms with E-state index in [9.17, 15) is 9.59 Å². The molecule has 1 aromatic heterocycles. The lowest BCUT2D eigenvalue weighted by atomic mass is 10.1. The van der Waals surface area contributed by atoms with Crippen LogP contribution in [0.1, 0.15) is 11.4 Å². The Balaban J connectivity index is 1.56. The average Bonchev–Trinajstić information content (AvgIpc) is 2.73. The van der Waals surface area contributed by atoms with E-state index < -0.39 is 0 Å². The molecule has 0 atom stereocenters. The van der Waals surface area contributed by atoms with Crippen molar-refractivity contribution in [3.05, 3.63) is 64.2 Å². The lowest BCUT2D eigenvalue weighted by molar-refractivity contribution is 0.206. The number of methoxy groups -OCH3 is 2. The molecule has 3 rings (SSSR count). The normalized spacial score (nSPS) is 10.6. The number of amides is 2. The molecule has 0 bridgehead atoms. The number of hydrogen-bond donors (Lipinski definition) is 2. The summed E-state index contributed by atoms with van der Waals surface area (Å²) in [5, 5.41) is 3.39. The summed E-state index contributed by atoms with van der Waals surface area (Å²) >= 11 is 0. The van der Waals surface area contributed by atoms with E-state index in [0.717, 1.165) is 5.56 Å². The first-order chi connectivity index (χ1) is 14.0. The monoisotopic (exact) mass is 396 g/mol. The predicted molar refractivity (Wildman–Crippen MR) is 110 cm³/mol. The highest BCUT2D eigenvalue weighted by Crippen LogP contribution is 2.27. The fraction of sp³-hybridized carbons (Fsp3) is 0.286. The van der Waals surface area contributed by atoms with Gasteiger partial charge in [-0.05, 0) is 36.2 Å². The van der Waals surface area contributed by atoms with Crippen molar-refractivity contribution in [2.24, 2.45) is 0 Å². The number of benzene rings is 2. The molecule has 3 aromatic rings. The van der Waals surface area contributed by atoms with Crippen LogP contribution in [-0.2, 0) is 13.0 Å². The van der Waals surface area contributed by atoms with E-state index in [-0.39, 0.29) is 18.1 Å². The maximum atomic E-state index is 12.4. The van der Waals surface area contributed by atoms with Crippen molar-refractivity contribution in [2.75, 3.05) is 27.8 Å². The summed E-state index contributed by atoms with van der Waals surface area (Å²) in [6, 6.07) is 12.5.